The summed E-state index contributed by atoms with van der Waals surface area (Å²) >= 11 is 1.91. The predicted molar refractivity (Wildman–Crippen MR) is 70.0 cm³/mol. The Hall–Kier alpha value is -0.410. The van der Waals surface area contributed by atoms with E-state index in [2.05, 4.69) is 33.0 Å². The van der Waals surface area contributed by atoms with Crippen LogP contribution in [-0.4, -0.2) is 11.5 Å². The van der Waals surface area contributed by atoms with Crippen molar-refractivity contribution in [2.75, 3.05) is 6.54 Å². The number of hydrogen-bond donors (Lipinski definition) is 1. The lowest BCUT2D eigenvalue weighted by atomic mass is 9.76. The summed E-state index contributed by atoms with van der Waals surface area (Å²) in [6.45, 7) is 10.1. The number of nitrogens with zero attached hydrogens (tertiary/aromatic N) is 1. The van der Waals surface area contributed by atoms with Crippen molar-refractivity contribution in [3.05, 3.63) is 15.6 Å². The highest BCUT2D eigenvalue weighted by atomic mass is 32.1. The summed E-state index contributed by atoms with van der Waals surface area (Å²) < 4.78 is 0. The first-order valence-electron chi connectivity index (χ1n) is 6.27. The molecule has 0 spiro atoms. The van der Waals surface area contributed by atoms with Crippen molar-refractivity contribution in [2.45, 2.75) is 53.0 Å². The minimum absolute atomic E-state index is 0.388. The van der Waals surface area contributed by atoms with E-state index >= 15 is 0 Å². The van der Waals surface area contributed by atoms with Crippen molar-refractivity contribution < 1.29 is 0 Å². The van der Waals surface area contributed by atoms with Crippen LogP contribution in [0.5, 0.6) is 0 Å². The summed E-state index contributed by atoms with van der Waals surface area (Å²) in [6.07, 6.45) is 3.44. The molecule has 1 atom stereocenters. The van der Waals surface area contributed by atoms with E-state index < -0.39 is 0 Å². The van der Waals surface area contributed by atoms with Gasteiger partial charge in [0.1, 0.15) is 0 Å². The molecule has 0 amide bonds. The molecule has 0 bridgehead atoms. The molecule has 2 nitrogen and oxygen atoms in total. The third kappa shape index (κ3) is 2.30. The van der Waals surface area contributed by atoms with Gasteiger partial charge in [-0.15, -0.1) is 11.3 Å². The molecule has 1 unspecified atom stereocenters. The molecule has 3 heteroatoms. The van der Waals surface area contributed by atoms with Crippen molar-refractivity contribution in [2.24, 2.45) is 5.41 Å². The van der Waals surface area contributed by atoms with E-state index in [1.54, 1.807) is 0 Å². The fourth-order valence-corrected chi connectivity index (χ4v) is 3.64. The van der Waals surface area contributed by atoms with Gasteiger partial charge in [0.25, 0.3) is 0 Å². The Morgan fingerprint density at radius 3 is 2.81 bits per heavy atom. The van der Waals surface area contributed by atoms with E-state index in [1.165, 1.54) is 22.0 Å². The molecular formula is C13H22N2S. The van der Waals surface area contributed by atoms with Gasteiger partial charge in [-0.05, 0) is 31.2 Å². The maximum absolute atomic E-state index is 4.78. The van der Waals surface area contributed by atoms with Crippen molar-refractivity contribution in [3.63, 3.8) is 0 Å². The second-order valence-electron chi connectivity index (χ2n) is 5.43. The Morgan fingerprint density at radius 1 is 1.44 bits per heavy atom. The van der Waals surface area contributed by atoms with E-state index in [9.17, 15) is 0 Å². The van der Waals surface area contributed by atoms with Crippen molar-refractivity contribution in [3.8, 4) is 0 Å². The number of rotatable bonds is 3. The maximum Gasteiger partial charge on any atom is 0.0928 e. The molecular weight excluding hydrogens is 216 g/mol. The molecule has 0 fully saturated rings. The van der Waals surface area contributed by atoms with Crippen LogP contribution in [-0.2, 0) is 12.8 Å². The Bertz CT molecular complexity index is 368. The van der Waals surface area contributed by atoms with Crippen LogP contribution in [0.25, 0.3) is 0 Å². The minimum Gasteiger partial charge on any atom is -0.309 e. The van der Waals surface area contributed by atoms with E-state index in [0.717, 1.165) is 19.4 Å². The standard InChI is InChI=1S/C13H22N2S/c1-5-11-15-10-8-13(3,4)7-9(14-6-2)12(10)16-11/h9,14H,5-8H2,1-4H3. The molecule has 90 valence electrons. The van der Waals surface area contributed by atoms with Crippen LogP contribution in [0.15, 0.2) is 0 Å². The van der Waals surface area contributed by atoms with E-state index in [4.69, 9.17) is 4.98 Å². The zero-order valence-electron chi connectivity index (χ0n) is 10.8. The summed E-state index contributed by atoms with van der Waals surface area (Å²) in [4.78, 5) is 6.27. The molecule has 0 saturated carbocycles. The van der Waals surface area contributed by atoms with Crippen LogP contribution in [0.2, 0.25) is 0 Å². The van der Waals surface area contributed by atoms with Crippen LogP contribution in [0, 0.1) is 5.41 Å². The highest BCUT2D eigenvalue weighted by molar-refractivity contribution is 7.11. The van der Waals surface area contributed by atoms with Gasteiger partial charge in [0.15, 0.2) is 0 Å². The van der Waals surface area contributed by atoms with Crippen LogP contribution in [0.1, 0.15) is 55.7 Å². The molecule has 1 heterocycles. The predicted octanol–water partition coefficient (Wildman–Crippen LogP) is 3.33. The van der Waals surface area contributed by atoms with Gasteiger partial charge >= 0.3 is 0 Å². The van der Waals surface area contributed by atoms with Crippen molar-refractivity contribution in [1.82, 2.24) is 10.3 Å². The molecule has 0 aromatic carbocycles. The topological polar surface area (TPSA) is 24.9 Å². The van der Waals surface area contributed by atoms with Gasteiger partial charge in [-0.2, -0.15) is 0 Å². The van der Waals surface area contributed by atoms with Gasteiger partial charge in [0.2, 0.25) is 0 Å². The third-order valence-electron chi connectivity index (χ3n) is 3.24. The number of aromatic nitrogens is 1. The molecule has 1 aromatic rings. The van der Waals surface area contributed by atoms with Gasteiger partial charge < -0.3 is 5.32 Å². The minimum atomic E-state index is 0.388. The number of nitrogens with one attached hydrogen (secondary N) is 1. The smallest absolute Gasteiger partial charge is 0.0928 e. The molecule has 0 aliphatic heterocycles. The fraction of sp³-hybridized carbons (Fsp3) is 0.769. The zero-order chi connectivity index (χ0) is 11.8. The highest BCUT2D eigenvalue weighted by Gasteiger charge is 2.34. The van der Waals surface area contributed by atoms with E-state index in [0.29, 0.717) is 11.5 Å². The SMILES string of the molecule is CCNC1CC(C)(C)Cc2nc(CC)sc21. The molecule has 2 rings (SSSR count). The van der Waals surface area contributed by atoms with Crippen molar-refractivity contribution >= 4 is 11.3 Å². The quantitative estimate of drug-likeness (QED) is 0.873. The molecule has 1 N–H and O–H groups in total. The van der Waals surface area contributed by atoms with Crippen LogP contribution >= 0.6 is 11.3 Å². The normalized spacial score (nSPS) is 23.1. The fourth-order valence-electron chi connectivity index (χ4n) is 2.55. The zero-order valence-corrected chi connectivity index (χ0v) is 11.6. The average molecular weight is 238 g/mol. The molecule has 1 aromatic heterocycles. The van der Waals surface area contributed by atoms with Gasteiger partial charge in [-0.3, -0.25) is 0 Å². The van der Waals surface area contributed by atoms with Gasteiger partial charge in [-0.1, -0.05) is 27.7 Å². The first-order chi connectivity index (χ1) is 7.55. The highest BCUT2D eigenvalue weighted by Crippen LogP contribution is 2.42. The maximum atomic E-state index is 4.78. The summed E-state index contributed by atoms with van der Waals surface area (Å²) in [5, 5.41) is 4.90. The second-order valence-corrected chi connectivity index (χ2v) is 6.54. The van der Waals surface area contributed by atoms with Crippen molar-refractivity contribution in [1.29, 1.82) is 0 Å². The lowest BCUT2D eigenvalue weighted by Crippen LogP contribution is -2.32. The van der Waals surface area contributed by atoms with Crippen LogP contribution in [0.3, 0.4) is 0 Å². The summed E-state index contributed by atoms with van der Waals surface area (Å²) in [5.74, 6) is 0. The Kier molecular flexibility index (Phi) is 3.36. The number of thiazole rings is 1. The number of aryl methyl sites for hydroxylation is 1. The summed E-state index contributed by atoms with van der Waals surface area (Å²) in [7, 11) is 0. The Balaban J connectivity index is 2.33. The molecule has 0 radical (unpaired) electrons. The molecule has 1 aliphatic rings. The van der Waals surface area contributed by atoms with Crippen LogP contribution < -0.4 is 5.32 Å². The monoisotopic (exact) mass is 238 g/mol. The molecule has 0 saturated heterocycles. The molecule has 1 aliphatic carbocycles. The largest absolute Gasteiger partial charge is 0.309 e. The first-order valence-corrected chi connectivity index (χ1v) is 7.09. The Morgan fingerprint density at radius 2 is 2.19 bits per heavy atom. The van der Waals surface area contributed by atoms with E-state index in [1.807, 2.05) is 11.3 Å². The first kappa shape index (κ1) is 12.1. The average Bonchev–Trinajstić information content (AvgIpc) is 2.59. The van der Waals surface area contributed by atoms with Gasteiger partial charge in [0.05, 0.1) is 10.7 Å². The van der Waals surface area contributed by atoms with Gasteiger partial charge in [-0.25, -0.2) is 4.98 Å². The Labute approximate surface area is 102 Å². The summed E-state index contributed by atoms with van der Waals surface area (Å²) in [6, 6.07) is 0.529. The van der Waals surface area contributed by atoms with Gasteiger partial charge in [0, 0.05) is 10.9 Å². The summed E-state index contributed by atoms with van der Waals surface area (Å²) in [5.41, 5.74) is 1.74. The third-order valence-corrected chi connectivity index (χ3v) is 4.60. The van der Waals surface area contributed by atoms with E-state index in [-0.39, 0.29) is 0 Å². The number of fused-ring (bicyclic) bond motifs is 1. The lowest BCUT2D eigenvalue weighted by molar-refractivity contribution is 0.260. The van der Waals surface area contributed by atoms with Crippen LogP contribution in [0.4, 0.5) is 0 Å². The second kappa shape index (κ2) is 4.46. The number of hydrogen-bond acceptors (Lipinski definition) is 3. The molecule has 16 heavy (non-hydrogen) atoms. The lowest BCUT2D eigenvalue weighted by Gasteiger charge is -2.34.